The normalized spacial score (nSPS) is 21.2. The number of aliphatic carboxylic acids is 1. The highest BCUT2D eigenvalue weighted by atomic mass is 35.5. The molecule has 2 aromatic heterocycles. The quantitative estimate of drug-likeness (QED) is 0.185. The van der Waals surface area contributed by atoms with Gasteiger partial charge >= 0.3 is 5.97 Å². The number of likely N-dealkylation sites (tertiary alicyclic amines) is 1. The number of hydrogen-bond donors (Lipinski definition) is 2. The maximum atomic E-state index is 13.1. The van der Waals surface area contributed by atoms with Crippen molar-refractivity contribution in [2.75, 3.05) is 26.2 Å². The van der Waals surface area contributed by atoms with Crippen LogP contribution in [0.15, 0.2) is 48.5 Å². The Kier molecular flexibility index (Phi) is 5.82. The van der Waals surface area contributed by atoms with E-state index in [0.717, 1.165) is 61.2 Å². The van der Waals surface area contributed by atoms with E-state index in [2.05, 4.69) is 16.3 Å². The number of halogens is 1. The van der Waals surface area contributed by atoms with Crippen molar-refractivity contribution >= 4 is 50.0 Å². The largest absolute Gasteiger partial charge is 0.479 e. The standard InChI is InChI=1S/C36H40ClN5O3S/c1-20-16-27-33(30(21-6-9-24(37)10-7-21)29(20)32(35(43)44)45-36(2,3)4)46-34(39-27)23-8-11-28-26(17-23)31(40-41(28)5)22-12-14-42(15-13-22)25-18-38-19-25/h6-11,16-17,22,25,32,38H,12-15,18-19H2,1-5H3,(H,43,44)/t32-/m0/s1/i2D3,3D3,4D3. The number of thiazole rings is 1. The molecule has 0 aliphatic carbocycles. The molecule has 240 valence electrons. The SMILES string of the molecule is [2H]C([2H])([2H])C(O[C@H](C(=O)O)c1c(C)cc2nc(-c3ccc4c(c3)c(C3CCN(C5CNC5)CC3)nn4C)sc2c1-c1ccc(Cl)cc1)(C([2H])([2H])[2H])C([2H])([2H])[2H]. The number of rotatable bonds is 7. The molecule has 2 aliphatic rings. The second-order valence-corrected chi connectivity index (χ2v) is 13.7. The van der Waals surface area contributed by atoms with Crippen LogP contribution in [0.4, 0.5) is 0 Å². The molecule has 0 unspecified atom stereocenters. The molecule has 0 amide bonds. The molecule has 8 nitrogen and oxygen atoms in total. The fourth-order valence-electron chi connectivity index (χ4n) is 6.78. The van der Waals surface area contributed by atoms with Gasteiger partial charge in [0.1, 0.15) is 5.01 Å². The van der Waals surface area contributed by atoms with Gasteiger partial charge in [0.15, 0.2) is 6.10 Å². The van der Waals surface area contributed by atoms with Gasteiger partial charge in [-0.3, -0.25) is 9.58 Å². The Labute approximate surface area is 291 Å². The minimum Gasteiger partial charge on any atom is -0.479 e. The van der Waals surface area contributed by atoms with Gasteiger partial charge < -0.3 is 15.2 Å². The molecular formula is C36H40ClN5O3S. The smallest absolute Gasteiger partial charge is 0.337 e. The summed E-state index contributed by atoms with van der Waals surface area (Å²) < 4.78 is 81.0. The molecular weight excluding hydrogens is 618 g/mol. The predicted octanol–water partition coefficient (Wildman–Crippen LogP) is 7.57. The molecule has 1 atom stereocenters. The number of benzene rings is 3. The lowest BCUT2D eigenvalue weighted by Gasteiger charge is -2.42. The number of ether oxygens (including phenoxy) is 1. The number of fused-ring (bicyclic) bond motifs is 2. The Morgan fingerprint density at radius 2 is 1.85 bits per heavy atom. The van der Waals surface area contributed by atoms with Crippen LogP contribution in [0.1, 0.15) is 74.6 Å². The van der Waals surface area contributed by atoms with Crippen LogP contribution in [0.3, 0.4) is 0 Å². The predicted molar refractivity (Wildman–Crippen MR) is 186 cm³/mol. The fraction of sp³-hybridized carbons (Fsp3) is 0.417. The van der Waals surface area contributed by atoms with Crippen molar-refractivity contribution in [3.8, 4) is 21.7 Å². The number of carboxylic acids is 1. The molecule has 2 fully saturated rings. The van der Waals surface area contributed by atoms with Crippen LogP contribution in [0.5, 0.6) is 0 Å². The van der Waals surface area contributed by atoms with Gasteiger partial charge in [0.05, 0.1) is 27.0 Å². The van der Waals surface area contributed by atoms with E-state index in [0.29, 0.717) is 37.8 Å². The van der Waals surface area contributed by atoms with Gasteiger partial charge in [-0.25, -0.2) is 9.78 Å². The van der Waals surface area contributed by atoms with E-state index in [1.807, 2.05) is 23.9 Å². The summed E-state index contributed by atoms with van der Waals surface area (Å²) in [5.74, 6) is -1.48. The molecule has 0 radical (unpaired) electrons. The average molecular weight is 667 g/mol. The van der Waals surface area contributed by atoms with Crippen LogP contribution in [0.2, 0.25) is 5.02 Å². The molecule has 0 spiro atoms. The summed E-state index contributed by atoms with van der Waals surface area (Å²) in [6.45, 7) is -5.73. The van der Waals surface area contributed by atoms with Gasteiger partial charge in [-0.2, -0.15) is 5.10 Å². The molecule has 0 bridgehead atoms. The summed E-state index contributed by atoms with van der Waals surface area (Å²) in [5, 5.41) is 21.0. The summed E-state index contributed by atoms with van der Waals surface area (Å²) in [6, 6.07) is 14.7. The van der Waals surface area contributed by atoms with Gasteiger partial charge in [-0.1, -0.05) is 23.7 Å². The molecule has 4 heterocycles. The van der Waals surface area contributed by atoms with Crippen molar-refractivity contribution in [3.63, 3.8) is 0 Å². The summed E-state index contributed by atoms with van der Waals surface area (Å²) in [5.41, 5.74) is 0.356. The molecule has 10 heteroatoms. The van der Waals surface area contributed by atoms with Gasteiger partial charge in [-0.15, -0.1) is 11.3 Å². The minimum atomic E-state index is -3.85. The average Bonchev–Trinajstić information content (AvgIpc) is 3.63. The highest BCUT2D eigenvalue weighted by molar-refractivity contribution is 7.22. The monoisotopic (exact) mass is 666 g/mol. The van der Waals surface area contributed by atoms with Gasteiger partial charge in [0.25, 0.3) is 0 Å². The van der Waals surface area contributed by atoms with Crippen LogP contribution in [0.25, 0.3) is 42.8 Å². The lowest BCUT2D eigenvalue weighted by Crippen LogP contribution is -2.58. The Morgan fingerprint density at radius 1 is 1.13 bits per heavy atom. The Balaban J connectivity index is 1.38. The molecule has 5 aromatic rings. The van der Waals surface area contributed by atoms with Crippen molar-refractivity contribution < 1.29 is 27.0 Å². The van der Waals surface area contributed by atoms with Gasteiger partial charge in [0.2, 0.25) is 0 Å². The first-order valence-electron chi connectivity index (χ1n) is 19.7. The van der Waals surface area contributed by atoms with Gasteiger partial charge in [0, 0.05) is 71.5 Å². The number of aryl methyl sites for hydroxylation is 2. The Morgan fingerprint density at radius 3 is 2.50 bits per heavy atom. The van der Waals surface area contributed by atoms with Crippen molar-refractivity contribution in [2.45, 2.75) is 64.0 Å². The van der Waals surface area contributed by atoms with E-state index in [4.69, 9.17) is 38.8 Å². The van der Waals surface area contributed by atoms with Crippen LogP contribution in [-0.4, -0.2) is 68.6 Å². The number of hydrogen-bond acceptors (Lipinski definition) is 7. The second-order valence-electron chi connectivity index (χ2n) is 12.2. The topological polar surface area (TPSA) is 92.5 Å². The van der Waals surface area contributed by atoms with Crippen LogP contribution in [-0.2, 0) is 16.6 Å². The summed E-state index contributed by atoms with van der Waals surface area (Å²) in [6.07, 6.45) is -0.331. The number of aromatic nitrogens is 3. The third-order valence-electron chi connectivity index (χ3n) is 9.16. The Hall–Kier alpha value is -3.34. The zero-order chi connectivity index (χ0) is 39.8. The molecule has 2 saturated heterocycles. The van der Waals surface area contributed by atoms with Crippen LogP contribution < -0.4 is 5.32 Å². The highest BCUT2D eigenvalue weighted by Crippen LogP contribution is 2.45. The first kappa shape index (κ1) is 22.3. The van der Waals surface area contributed by atoms with E-state index in [1.54, 1.807) is 37.3 Å². The van der Waals surface area contributed by atoms with E-state index in [9.17, 15) is 9.90 Å². The summed E-state index contributed by atoms with van der Waals surface area (Å²) in [4.78, 5) is 20.7. The lowest BCUT2D eigenvalue weighted by atomic mass is 9.90. The molecule has 46 heavy (non-hydrogen) atoms. The highest BCUT2D eigenvalue weighted by Gasteiger charge is 2.33. The molecule has 3 aromatic carbocycles. The maximum Gasteiger partial charge on any atom is 0.337 e. The van der Waals surface area contributed by atoms with E-state index in [-0.39, 0.29) is 16.7 Å². The maximum absolute atomic E-state index is 13.1. The summed E-state index contributed by atoms with van der Waals surface area (Å²) in [7, 11) is 1.93. The fourth-order valence-corrected chi connectivity index (χ4v) is 8.03. The number of carboxylic acid groups (broad SMARTS) is 1. The Bertz CT molecular complexity index is 2220. The van der Waals surface area contributed by atoms with E-state index >= 15 is 0 Å². The van der Waals surface area contributed by atoms with Crippen LogP contribution >= 0.6 is 22.9 Å². The molecule has 7 rings (SSSR count). The molecule has 2 aliphatic heterocycles. The first-order valence-corrected chi connectivity index (χ1v) is 16.4. The number of nitrogens with one attached hydrogen (secondary N) is 1. The molecule has 2 N–H and O–H groups in total. The zero-order valence-electron chi connectivity index (χ0n) is 34.4. The number of piperidine rings is 1. The second kappa shape index (κ2) is 12.0. The van der Waals surface area contributed by atoms with Crippen LogP contribution in [0, 0.1) is 6.92 Å². The lowest BCUT2D eigenvalue weighted by molar-refractivity contribution is -0.160. The van der Waals surface area contributed by atoms with Crippen molar-refractivity contribution in [2.24, 2.45) is 7.05 Å². The van der Waals surface area contributed by atoms with Crippen molar-refractivity contribution in [1.82, 2.24) is 25.0 Å². The zero-order valence-corrected chi connectivity index (χ0v) is 27.0. The molecule has 0 saturated carbocycles. The van der Waals surface area contributed by atoms with E-state index in [1.165, 1.54) is 11.3 Å². The van der Waals surface area contributed by atoms with Crippen molar-refractivity contribution in [3.05, 3.63) is 70.4 Å². The summed E-state index contributed by atoms with van der Waals surface area (Å²) >= 11 is 7.51. The minimum absolute atomic E-state index is 0.103. The third kappa shape index (κ3) is 5.84. The van der Waals surface area contributed by atoms with E-state index < -0.39 is 38.2 Å². The van der Waals surface area contributed by atoms with Gasteiger partial charge in [-0.05, 0) is 101 Å². The van der Waals surface area contributed by atoms with Crippen molar-refractivity contribution in [1.29, 1.82) is 0 Å². The number of nitrogens with zero attached hydrogens (tertiary/aromatic N) is 4. The first-order chi connectivity index (χ1) is 25.7. The number of carbonyl (C=O) groups is 1. The third-order valence-corrected chi connectivity index (χ3v) is 10.5.